The second-order valence-electron chi connectivity index (χ2n) is 5.08. The predicted molar refractivity (Wildman–Crippen MR) is 77.3 cm³/mol. The van der Waals surface area contributed by atoms with Crippen LogP contribution in [-0.2, 0) is 7.05 Å². The maximum atomic E-state index is 12.1. The minimum atomic E-state index is -0.0221. The van der Waals surface area contributed by atoms with Crippen molar-refractivity contribution in [2.45, 2.75) is 39.7 Å². The number of imidazole rings is 1. The summed E-state index contributed by atoms with van der Waals surface area (Å²) >= 11 is 0. The molecular weight excluding hydrogens is 238 g/mol. The molecule has 0 aliphatic heterocycles. The molecule has 1 heterocycles. The van der Waals surface area contributed by atoms with Gasteiger partial charge in [-0.25, -0.2) is 4.98 Å². The molecule has 0 spiro atoms. The van der Waals surface area contributed by atoms with E-state index in [-0.39, 0.29) is 11.9 Å². The average molecular weight is 259 g/mol. The molecule has 4 nitrogen and oxygen atoms in total. The lowest BCUT2D eigenvalue weighted by Gasteiger charge is -2.12. The van der Waals surface area contributed by atoms with E-state index in [1.807, 2.05) is 43.7 Å². The number of nitrogens with one attached hydrogen (secondary N) is 1. The zero-order valence-electron chi connectivity index (χ0n) is 12.0. The molecule has 0 aliphatic rings. The van der Waals surface area contributed by atoms with Crippen molar-refractivity contribution in [3.63, 3.8) is 0 Å². The van der Waals surface area contributed by atoms with Crippen LogP contribution in [0, 0.1) is 6.92 Å². The standard InChI is InChI=1S/C15H21N3O/c1-5-6-10(2)16-15(19)12-7-8-14-13(9-12)17-11(3)18(14)4/h7-10H,5-6H2,1-4H3,(H,16,19)/t10-/m0/s1. The van der Waals surface area contributed by atoms with Gasteiger partial charge < -0.3 is 9.88 Å². The molecule has 102 valence electrons. The molecule has 1 aromatic carbocycles. The molecule has 2 rings (SSSR count). The summed E-state index contributed by atoms with van der Waals surface area (Å²) in [5, 5.41) is 3.01. The van der Waals surface area contributed by atoms with Crippen LogP contribution in [0.1, 0.15) is 42.9 Å². The quantitative estimate of drug-likeness (QED) is 0.917. The molecule has 0 radical (unpaired) electrons. The highest BCUT2D eigenvalue weighted by atomic mass is 16.1. The third-order valence-corrected chi connectivity index (χ3v) is 3.47. The Hall–Kier alpha value is -1.84. The van der Waals surface area contributed by atoms with Gasteiger partial charge in [0.1, 0.15) is 5.82 Å². The molecule has 1 N–H and O–H groups in total. The Morgan fingerprint density at radius 2 is 2.21 bits per heavy atom. The first-order valence-corrected chi connectivity index (χ1v) is 6.77. The summed E-state index contributed by atoms with van der Waals surface area (Å²) in [5.74, 6) is 0.929. The number of carbonyl (C=O) groups excluding carboxylic acids is 1. The number of hydrogen-bond acceptors (Lipinski definition) is 2. The zero-order valence-corrected chi connectivity index (χ0v) is 12.0. The van der Waals surface area contributed by atoms with Crippen LogP contribution in [0.25, 0.3) is 11.0 Å². The SMILES string of the molecule is CCC[C@H](C)NC(=O)c1ccc2c(c1)nc(C)n2C. The Kier molecular flexibility index (Phi) is 3.88. The van der Waals surface area contributed by atoms with Crippen LogP contribution in [0.2, 0.25) is 0 Å². The van der Waals surface area contributed by atoms with Gasteiger partial charge in [-0.05, 0) is 38.5 Å². The topological polar surface area (TPSA) is 46.9 Å². The number of rotatable bonds is 4. The van der Waals surface area contributed by atoms with Crippen LogP contribution in [-0.4, -0.2) is 21.5 Å². The van der Waals surface area contributed by atoms with Crippen molar-refractivity contribution in [1.29, 1.82) is 0 Å². The fourth-order valence-corrected chi connectivity index (χ4v) is 2.27. The monoisotopic (exact) mass is 259 g/mol. The molecule has 4 heteroatoms. The van der Waals surface area contributed by atoms with Crippen molar-refractivity contribution in [3.8, 4) is 0 Å². The van der Waals surface area contributed by atoms with Crippen molar-refractivity contribution in [2.24, 2.45) is 7.05 Å². The van der Waals surface area contributed by atoms with E-state index in [4.69, 9.17) is 0 Å². The van der Waals surface area contributed by atoms with Crippen LogP contribution >= 0.6 is 0 Å². The summed E-state index contributed by atoms with van der Waals surface area (Å²) in [7, 11) is 1.98. The first-order chi connectivity index (χ1) is 9.02. The summed E-state index contributed by atoms with van der Waals surface area (Å²) in [6, 6.07) is 5.88. The van der Waals surface area contributed by atoms with E-state index in [2.05, 4.69) is 17.2 Å². The van der Waals surface area contributed by atoms with E-state index in [1.165, 1.54) is 0 Å². The number of fused-ring (bicyclic) bond motifs is 1. The van der Waals surface area contributed by atoms with E-state index in [1.54, 1.807) is 0 Å². The van der Waals surface area contributed by atoms with Gasteiger partial charge in [0.25, 0.3) is 5.91 Å². The van der Waals surface area contributed by atoms with Crippen molar-refractivity contribution in [3.05, 3.63) is 29.6 Å². The van der Waals surface area contributed by atoms with Gasteiger partial charge in [-0.2, -0.15) is 0 Å². The summed E-state index contributed by atoms with van der Waals surface area (Å²) in [6.07, 6.45) is 2.07. The number of hydrogen-bond donors (Lipinski definition) is 1. The van der Waals surface area contributed by atoms with Gasteiger partial charge in [0.05, 0.1) is 11.0 Å². The van der Waals surface area contributed by atoms with Gasteiger partial charge in [0, 0.05) is 18.7 Å². The van der Waals surface area contributed by atoms with Gasteiger partial charge in [-0.3, -0.25) is 4.79 Å². The molecule has 19 heavy (non-hydrogen) atoms. The lowest BCUT2D eigenvalue weighted by Crippen LogP contribution is -2.32. The number of amides is 1. The minimum Gasteiger partial charge on any atom is -0.350 e. The van der Waals surface area contributed by atoms with Crippen LogP contribution in [0.4, 0.5) is 0 Å². The van der Waals surface area contributed by atoms with Crippen LogP contribution in [0.5, 0.6) is 0 Å². The number of aryl methyl sites for hydroxylation is 2. The maximum absolute atomic E-state index is 12.1. The molecule has 0 aliphatic carbocycles. The van der Waals surface area contributed by atoms with Gasteiger partial charge in [0.2, 0.25) is 0 Å². The van der Waals surface area contributed by atoms with Gasteiger partial charge >= 0.3 is 0 Å². The third-order valence-electron chi connectivity index (χ3n) is 3.47. The second-order valence-corrected chi connectivity index (χ2v) is 5.08. The molecule has 1 atom stereocenters. The predicted octanol–water partition coefficient (Wildman–Crippen LogP) is 2.80. The van der Waals surface area contributed by atoms with E-state index < -0.39 is 0 Å². The van der Waals surface area contributed by atoms with E-state index >= 15 is 0 Å². The van der Waals surface area contributed by atoms with E-state index in [0.29, 0.717) is 5.56 Å². The summed E-state index contributed by atoms with van der Waals surface area (Å²) in [6.45, 7) is 6.11. The second kappa shape index (κ2) is 5.43. The smallest absolute Gasteiger partial charge is 0.251 e. The Bertz CT molecular complexity index is 601. The number of aromatic nitrogens is 2. The fourth-order valence-electron chi connectivity index (χ4n) is 2.27. The van der Waals surface area contributed by atoms with E-state index in [0.717, 1.165) is 29.7 Å². The van der Waals surface area contributed by atoms with Crippen molar-refractivity contribution < 1.29 is 4.79 Å². The van der Waals surface area contributed by atoms with Crippen LogP contribution in [0.15, 0.2) is 18.2 Å². The summed E-state index contributed by atoms with van der Waals surface area (Å²) in [5.41, 5.74) is 2.60. The van der Waals surface area contributed by atoms with Gasteiger partial charge in [0.15, 0.2) is 0 Å². The first-order valence-electron chi connectivity index (χ1n) is 6.77. The lowest BCUT2D eigenvalue weighted by molar-refractivity contribution is 0.0938. The molecule has 0 bridgehead atoms. The third kappa shape index (κ3) is 2.78. The largest absolute Gasteiger partial charge is 0.350 e. The lowest BCUT2D eigenvalue weighted by atomic mass is 10.1. The molecular formula is C15H21N3O. The minimum absolute atomic E-state index is 0.0221. The Labute approximate surface area is 113 Å². The highest BCUT2D eigenvalue weighted by molar-refractivity contribution is 5.97. The highest BCUT2D eigenvalue weighted by Gasteiger charge is 2.11. The van der Waals surface area contributed by atoms with Crippen molar-refractivity contribution in [1.82, 2.24) is 14.9 Å². The van der Waals surface area contributed by atoms with Crippen molar-refractivity contribution >= 4 is 16.9 Å². The van der Waals surface area contributed by atoms with Gasteiger partial charge in [-0.15, -0.1) is 0 Å². The Balaban J connectivity index is 2.23. The first kappa shape index (κ1) is 13.6. The number of nitrogens with zero attached hydrogens (tertiary/aromatic N) is 2. The highest BCUT2D eigenvalue weighted by Crippen LogP contribution is 2.16. The number of carbonyl (C=O) groups is 1. The molecule has 0 saturated heterocycles. The molecule has 0 saturated carbocycles. The Morgan fingerprint density at radius 3 is 2.89 bits per heavy atom. The molecule has 0 unspecified atom stereocenters. The van der Waals surface area contributed by atoms with Crippen LogP contribution in [0.3, 0.4) is 0 Å². The normalized spacial score (nSPS) is 12.6. The van der Waals surface area contributed by atoms with Crippen LogP contribution < -0.4 is 5.32 Å². The maximum Gasteiger partial charge on any atom is 0.251 e. The molecule has 1 aromatic heterocycles. The summed E-state index contributed by atoms with van der Waals surface area (Å²) in [4.78, 5) is 16.6. The zero-order chi connectivity index (χ0) is 14.0. The Morgan fingerprint density at radius 1 is 1.47 bits per heavy atom. The van der Waals surface area contributed by atoms with Gasteiger partial charge in [-0.1, -0.05) is 13.3 Å². The average Bonchev–Trinajstić information content (AvgIpc) is 2.65. The molecule has 1 amide bonds. The van der Waals surface area contributed by atoms with Crippen molar-refractivity contribution in [2.75, 3.05) is 0 Å². The van der Waals surface area contributed by atoms with E-state index in [9.17, 15) is 4.79 Å². The number of benzene rings is 1. The molecule has 0 fully saturated rings. The summed E-state index contributed by atoms with van der Waals surface area (Å²) < 4.78 is 2.02. The molecule has 2 aromatic rings. The fraction of sp³-hybridized carbons (Fsp3) is 0.467.